The maximum Gasteiger partial charge on any atom is 0.211 e. The largest absolute Gasteiger partial charge is 0.282 e. The van der Waals surface area contributed by atoms with Crippen molar-refractivity contribution in [3.05, 3.63) is 12.2 Å². The molecule has 8 heavy (non-hydrogen) atoms. The third kappa shape index (κ3) is 3.87. The lowest BCUT2D eigenvalue weighted by Gasteiger charge is -1.79. The van der Waals surface area contributed by atoms with Crippen LogP contribution >= 0.6 is 11.8 Å². The van der Waals surface area contributed by atoms with E-state index in [1.165, 1.54) is 12.2 Å². The molecule has 0 amide bonds. The molecule has 0 aromatic carbocycles. The summed E-state index contributed by atoms with van der Waals surface area (Å²) in [6, 6.07) is 0. The van der Waals surface area contributed by atoms with E-state index in [1.54, 1.807) is 6.26 Å². The van der Waals surface area contributed by atoms with Gasteiger partial charge in [0.05, 0.1) is 0 Å². The van der Waals surface area contributed by atoms with Crippen LogP contribution in [0.25, 0.3) is 0 Å². The van der Waals surface area contributed by atoms with Crippen molar-refractivity contribution in [2.24, 2.45) is 0 Å². The Labute approximate surface area is 52.0 Å². The SMILES string of the molecule is CSC(=O)/C=C/CF. The fourth-order valence-corrected chi connectivity index (χ4v) is 0.441. The molecule has 0 unspecified atom stereocenters. The fraction of sp³-hybridized carbons (Fsp3) is 0.400. The molecule has 0 aliphatic heterocycles. The third-order valence-electron chi connectivity index (χ3n) is 0.544. The Balaban J connectivity index is 3.37. The second kappa shape index (κ2) is 4.84. The van der Waals surface area contributed by atoms with E-state index in [9.17, 15) is 9.18 Å². The highest BCUT2D eigenvalue weighted by Crippen LogP contribution is 1.94. The van der Waals surface area contributed by atoms with Crippen molar-refractivity contribution >= 4 is 16.9 Å². The van der Waals surface area contributed by atoms with Crippen molar-refractivity contribution in [1.82, 2.24) is 0 Å². The average Bonchev–Trinajstić information content (AvgIpc) is 1.83. The maximum absolute atomic E-state index is 11.2. The molecular weight excluding hydrogens is 127 g/mol. The van der Waals surface area contributed by atoms with Gasteiger partial charge in [0.1, 0.15) is 6.67 Å². The third-order valence-corrected chi connectivity index (χ3v) is 1.08. The van der Waals surface area contributed by atoms with E-state index in [1.807, 2.05) is 0 Å². The number of carbonyl (C=O) groups is 1. The molecular formula is C5H7FOS. The molecule has 0 atom stereocenters. The molecule has 0 saturated heterocycles. The molecule has 0 aliphatic rings. The van der Waals surface area contributed by atoms with Crippen LogP contribution in [0.1, 0.15) is 0 Å². The summed E-state index contributed by atoms with van der Waals surface area (Å²) in [5.74, 6) is 0. The standard InChI is InChI=1S/C5H7FOS/c1-8-5(7)3-2-4-6/h2-3H,4H2,1H3/b3-2+. The summed E-state index contributed by atoms with van der Waals surface area (Å²) >= 11 is 1.07. The van der Waals surface area contributed by atoms with Crippen LogP contribution in [-0.4, -0.2) is 18.0 Å². The highest BCUT2D eigenvalue weighted by atomic mass is 32.2. The molecule has 0 fully saturated rings. The first-order chi connectivity index (χ1) is 3.81. The topological polar surface area (TPSA) is 17.1 Å². The normalized spacial score (nSPS) is 10.2. The fourth-order valence-electron chi connectivity index (χ4n) is 0.209. The molecule has 0 saturated carbocycles. The van der Waals surface area contributed by atoms with Crippen molar-refractivity contribution in [2.45, 2.75) is 0 Å². The molecule has 0 heterocycles. The molecule has 0 bridgehead atoms. The van der Waals surface area contributed by atoms with E-state index in [0.29, 0.717) is 0 Å². The van der Waals surface area contributed by atoms with E-state index in [4.69, 9.17) is 0 Å². The van der Waals surface area contributed by atoms with Gasteiger partial charge in [0.25, 0.3) is 0 Å². The molecule has 0 N–H and O–H groups in total. The minimum atomic E-state index is -0.563. The molecule has 0 aromatic rings. The number of hydrogen-bond donors (Lipinski definition) is 0. The van der Waals surface area contributed by atoms with Gasteiger partial charge in [0.2, 0.25) is 5.12 Å². The first-order valence-corrected chi connectivity index (χ1v) is 3.34. The van der Waals surface area contributed by atoms with Crippen LogP contribution in [0.5, 0.6) is 0 Å². The van der Waals surface area contributed by atoms with E-state index in [2.05, 4.69) is 0 Å². The number of hydrogen-bond acceptors (Lipinski definition) is 2. The van der Waals surface area contributed by atoms with Gasteiger partial charge in [-0.15, -0.1) is 0 Å². The van der Waals surface area contributed by atoms with Gasteiger partial charge in [0.15, 0.2) is 0 Å². The Kier molecular flexibility index (Phi) is 4.65. The van der Waals surface area contributed by atoms with Crippen LogP contribution in [0, 0.1) is 0 Å². The smallest absolute Gasteiger partial charge is 0.211 e. The number of rotatable bonds is 2. The number of halogens is 1. The van der Waals surface area contributed by atoms with Gasteiger partial charge in [-0.1, -0.05) is 11.8 Å². The summed E-state index contributed by atoms with van der Waals surface area (Å²) in [6.45, 7) is -0.563. The molecule has 0 aromatic heterocycles. The second-order valence-electron chi connectivity index (χ2n) is 1.08. The lowest BCUT2D eigenvalue weighted by molar-refractivity contribution is -0.107. The minimum absolute atomic E-state index is 0.109. The molecule has 0 aliphatic carbocycles. The zero-order chi connectivity index (χ0) is 6.41. The molecule has 0 spiro atoms. The van der Waals surface area contributed by atoms with Crippen molar-refractivity contribution in [3.63, 3.8) is 0 Å². The molecule has 3 heteroatoms. The zero-order valence-electron chi connectivity index (χ0n) is 4.56. The predicted molar refractivity (Wildman–Crippen MR) is 33.6 cm³/mol. The van der Waals surface area contributed by atoms with E-state index in [-0.39, 0.29) is 5.12 Å². The molecule has 46 valence electrons. The van der Waals surface area contributed by atoms with Crippen molar-refractivity contribution in [2.75, 3.05) is 12.9 Å². The van der Waals surface area contributed by atoms with Crippen LogP contribution in [0.2, 0.25) is 0 Å². The Bertz CT molecular complexity index is 101. The summed E-state index contributed by atoms with van der Waals surface area (Å²) < 4.78 is 11.2. The van der Waals surface area contributed by atoms with Gasteiger partial charge in [0, 0.05) is 0 Å². The Hall–Kier alpha value is -0.310. The van der Waals surface area contributed by atoms with Crippen molar-refractivity contribution in [3.8, 4) is 0 Å². The van der Waals surface area contributed by atoms with E-state index < -0.39 is 6.67 Å². The van der Waals surface area contributed by atoms with Crippen LogP contribution in [-0.2, 0) is 4.79 Å². The number of alkyl halides is 1. The van der Waals surface area contributed by atoms with Gasteiger partial charge in [-0.3, -0.25) is 4.79 Å². The van der Waals surface area contributed by atoms with Crippen LogP contribution < -0.4 is 0 Å². The van der Waals surface area contributed by atoms with Gasteiger partial charge in [-0.05, 0) is 18.4 Å². The summed E-state index contributed by atoms with van der Waals surface area (Å²) in [6.07, 6.45) is 4.08. The van der Waals surface area contributed by atoms with Gasteiger partial charge < -0.3 is 0 Å². The highest BCUT2D eigenvalue weighted by molar-refractivity contribution is 8.13. The molecule has 1 nitrogen and oxygen atoms in total. The first-order valence-electron chi connectivity index (χ1n) is 2.11. The second-order valence-corrected chi connectivity index (χ2v) is 1.89. The number of thioether (sulfide) groups is 1. The summed E-state index contributed by atoms with van der Waals surface area (Å²) in [5.41, 5.74) is 0. The maximum atomic E-state index is 11.2. The lowest BCUT2D eigenvalue weighted by atomic mass is 10.6. The van der Waals surface area contributed by atoms with Crippen molar-refractivity contribution < 1.29 is 9.18 Å². The van der Waals surface area contributed by atoms with Gasteiger partial charge in [-0.25, -0.2) is 4.39 Å². The van der Waals surface area contributed by atoms with Gasteiger partial charge in [-0.2, -0.15) is 0 Å². The number of allylic oxidation sites excluding steroid dienone is 1. The van der Waals surface area contributed by atoms with Crippen LogP contribution in [0.3, 0.4) is 0 Å². The highest BCUT2D eigenvalue weighted by Gasteiger charge is 1.86. The first kappa shape index (κ1) is 7.69. The summed E-state index contributed by atoms with van der Waals surface area (Å²) in [7, 11) is 0. The number of carbonyl (C=O) groups excluding carboxylic acids is 1. The minimum Gasteiger partial charge on any atom is -0.282 e. The zero-order valence-corrected chi connectivity index (χ0v) is 5.37. The molecule has 0 radical (unpaired) electrons. The lowest BCUT2D eigenvalue weighted by Crippen LogP contribution is -1.80. The quantitative estimate of drug-likeness (QED) is 0.531. The van der Waals surface area contributed by atoms with E-state index >= 15 is 0 Å². The van der Waals surface area contributed by atoms with Crippen molar-refractivity contribution in [1.29, 1.82) is 0 Å². The monoisotopic (exact) mass is 134 g/mol. The van der Waals surface area contributed by atoms with Gasteiger partial charge >= 0.3 is 0 Å². The Morgan fingerprint density at radius 1 is 1.88 bits per heavy atom. The van der Waals surface area contributed by atoms with E-state index in [0.717, 1.165) is 11.8 Å². The Morgan fingerprint density at radius 2 is 2.50 bits per heavy atom. The van der Waals surface area contributed by atoms with Crippen LogP contribution in [0.4, 0.5) is 4.39 Å². The predicted octanol–water partition coefficient (Wildman–Crippen LogP) is 1.40. The summed E-state index contributed by atoms with van der Waals surface area (Å²) in [4.78, 5) is 10.3. The van der Waals surface area contributed by atoms with Crippen LogP contribution in [0.15, 0.2) is 12.2 Å². The average molecular weight is 134 g/mol. The summed E-state index contributed by atoms with van der Waals surface area (Å²) in [5, 5.41) is -0.109. The molecule has 0 rings (SSSR count). The Morgan fingerprint density at radius 3 is 2.88 bits per heavy atom.